The fourth-order valence-corrected chi connectivity index (χ4v) is 2.44. The second kappa shape index (κ2) is 7.74. The van der Waals surface area contributed by atoms with E-state index < -0.39 is 0 Å². The number of nitrogens with two attached hydrogens (primary N) is 1. The molecule has 0 aromatic heterocycles. The minimum absolute atomic E-state index is 0.0217. The van der Waals surface area contributed by atoms with Crippen molar-refractivity contribution < 1.29 is 4.79 Å². The van der Waals surface area contributed by atoms with E-state index in [9.17, 15) is 4.79 Å². The summed E-state index contributed by atoms with van der Waals surface area (Å²) < 4.78 is 0. The van der Waals surface area contributed by atoms with Crippen LogP contribution in [0.3, 0.4) is 0 Å². The summed E-state index contributed by atoms with van der Waals surface area (Å²) >= 11 is 0. The van der Waals surface area contributed by atoms with Crippen LogP contribution in [-0.2, 0) is 4.79 Å². The summed E-state index contributed by atoms with van der Waals surface area (Å²) in [7, 11) is 0. The van der Waals surface area contributed by atoms with Gasteiger partial charge in [-0.25, -0.2) is 0 Å². The Labute approximate surface area is 111 Å². The third-order valence-electron chi connectivity index (χ3n) is 3.83. The molecule has 0 spiro atoms. The smallest absolute Gasteiger partial charge is 0.237 e. The van der Waals surface area contributed by atoms with E-state index in [0.29, 0.717) is 11.8 Å². The molecular weight excluding hydrogens is 226 g/mol. The molecule has 0 saturated carbocycles. The Morgan fingerprint density at radius 3 is 2.78 bits per heavy atom. The van der Waals surface area contributed by atoms with Crippen LogP contribution in [0.15, 0.2) is 0 Å². The lowest BCUT2D eigenvalue weighted by Gasteiger charge is -2.35. The molecule has 3 N–H and O–H groups in total. The van der Waals surface area contributed by atoms with Gasteiger partial charge in [0, 0.05) is 13.1 Å². The Hall–Kier alpha value is -0.610. The zero-order valence-corrected chi connectivity index (χ0v) is 12.1. The minimum Gasteiger partial charge on any atom is -0.355 e. The van der Waals surface area contributed by atoms with E-state index >= 15 is 0 Å². The average molecular weight is 255 g/mol. The monoisotopic (exact) mass is 255 g/mol. The van der Waals surface area contributed by atoms with Gasteiger partial charge in [0.1, 0.15) is 0 Å². The quantitative estimate of drug-likeness (QED) is 0.750. The van der Waals surface area contributed by atoms with Crippen molar-refractivity contribution >= 4 is 5.91 Å². The summed E-state index contributed by atoms with van der Waals surface area (Å²) in [6.45, 7) is 9.86. The number of nitrogens with one attached hydrogen (secondary N) is 1. The normalized spacial score (nSPS) is 23.1. The lowest BCUT2D eigenvalue weighted by atomic mass is 9.97. The van der Waals surface area contributed by atoms with Gasteiger partial charge in [-0.1, -0.05) is 13.8 Å². The molecule has 1 rings (SSSR count). The van der Waals surface area contributed by atoms with Gasteiger partial charge in [0.05, 0.1) is 6.04 Å². The van der Waals surface area contributed by atoms with Crippen LogP contribution < -0.4 is 11.1 Å². The highest BCUT2D eigenvalue weighted by molar-refractivity contribution is 5.81. The highest BCUT2D eigenvalue weighted by Crippen LogP contribution is 2.17. The van der Waals surface area contributed by atoms with E-state index in [1.165, 1.54) is 6.42 Å². The third-order valence-corrected chi connectivity index (χ3v) is 3.83. The van der Waals surface area contributed by atoms with E-state index in [2.05, 4.69) is 24.1 Å². The average Bonchev–Trinajstić information content (AvgIpc) is 2.37. The predicted octanol–water partition coefficient (Wildman–Crippen LogP) is 1.21. The number of amides is 1. The number of hydrogen-bond acceptors (Lipinski definition) is 3. The number of piperidine rings is 1. The summed E-state index contributed by atoms with van der Waals surface area (Å²) in [5, 5.41) is 3.03. The number of likely N-dealkylation sites (tertiary alicyclic amines) is 1. The van der Waals surface area contributed by atoms with Crippen LogP contribution in [0.25, 0.3) is 0 Å². The van der Waals surface area contributed by atoms with Crippen molar-refractivity contribution in [1.29, 1.82) is 0 Å². The molecule has 0 aromatic carbocycles. The largest absolute Gasteiger partial charge is 0.355 e. The van der Waals surface area contributed by atoms with Gasteiger partial charge in [0.25, 0.3) is 0 Å². The Kier molecular flexibility index (Phi) is 6.65. The molecule has 0 bridgehead atoms. The van der Waals surface area contributed by atoms with Crippen molar-refractivity contribution in [2.75, 3.05) is 26.2 Å². The fourth-order valence-electron chi connectivity index (χ4n) is 2.44. The summed E-state index contributed by atoms with van der Waals surface area (Å²) in [5.74, 6) is 1.36. The maximum Gasteiger partial charge on any atom is 0.237 e. The predicted molar refractivity (Wildman–Crippen MR) is 75.3 cm³/mol. The molecule has 0 aliphatic carbocycles. The van der Waals surface area contributed by atoms with Crippen LogP contribution in [0.5, 0.6) is 0 Å². The molecule has 1 fully saturated rings. The van der Waals surface area contributed by atoms with Gasteiger partial charge in [-0.05, 0) is 51.1 Å². The Bertz CT molecular complexity index is 255. The van der Waals surface area contributed by atoms with Gasteiger partial charge < -0.3 is 11.1 Å². The molecule has 1 amide bonds. The van der Waals surface area contributed by atoms with Crippen molar-refractivity contribution in [3.05, 3.63) is 0 Å². The summed E-state index contributed by atoms with van der Waals surface area (Å²) in [4.78, 5) is 14.3. The molecule has 4 heteroatoms. The zero-order valence-electron chi connectivity index (χ0n) is 12.1. The summed E-state index contributed by atoms with van der Waals surface area (Å²) in [6.07, 6.45) is 3.41. The van der Waals surface area contributed by atoms with Gasteiger partial charge in [0.2, 0.25) is 5.91 Å². The first-order valence-electron chi connectivity index (χ1n) is 7.26. The van der Waals surface area contributed by atoms with Gasteiger partial charge in [-0.2, -0.15) is 0 Å². The molecule has 1 aliphatic rings. The van der Waals surface area contributed by atoms with Crippen LogP contribution in [-0.4, -0.2) is 43.0 Å². The SMILES string of the molecule is CC(C)CCNC(=O)C(C)N1CCCC(CN)C1. The number of nitrogens with zero attached hydrogens (tertiary/aromatic N) is 1. The zero-order chi connectivity index (χ0) is 13.5. The van der Waals surface area contributed by atoms with Crippen molar-refractivity contribution in [2.24, 2.45) is 17.6 Å². The summed E-state index contributed by atoms with van der Waals surface area (Å²) in [6, 6.07) is -0.0217. The molecule has 2 unspecified atom stereocenters. The molecule has 106 valence electrons. The van der Waals surface area contributed by atoms with Crippen LogP contribution in [0.2, 0.25) is 0 Å². The molecule has 1 saturated heterocycles. The molecular formula is C14H29N3O. The van der Waals surface area contributed by atoms with E-state index in [1.807, 2.05) is 6.92 Å². The van der Waals surface area contributed by atoms with Gasteiger partial charge in [-0.15, -0.1) is 0 Å². The lowest BCUT2D eigenvalue weighted by molar-refractivity contribution is -0.126. The van der Waals surface area contributed by atoms with Crippen molar-refractivity contribution in [2.45, 2.75) is 46.1 Å². The molecule has 4 nitrogen and oxygen atoms in total. The van der Waals surface area contributed by atoms with E-state index in [0.717, 1.165) is 39.0 Å². The molecule has 18 heavy (non-hydrogen) atoms. The molecule has 1 aliphatic heterocycles. The minimum atomic E-state index is -0.0217. The molecule has 1 heterocycles. The highest BCUT2D eigenvalue weighted by atomic mass is 16.2. The van der Waals surface area contributed by atoms with Gasteiger partial charge in [0.15, 0.2) is 0 Å². The Morgan fingerprint density at radius 2 is 2.17 bits per heavy atom. The number of rotatable bonds is 6. The molecule has 2 atom stereocenters. The molecule has 0 radical (unpaired) electrons. The summed E-state index contributed by atoms with van der Waals surface area (Å²) in [5.41, 5.74) is 5.73. The number of carbonyl (C=O) groups excluding carboxylic acids is 1. The fraction of sp³-hybridized carbons (Fsp3) is 0.929. The first-order valence-corrected chi connectivity index (χ1v) is 7.26. The first-order chi connectivity index (χ1) is 8.54. The highest BCUT2D eigenvalue weighted by Gasteiger charge is 2.26. The van der Waals surface area contributed by atoms with Crippen LogP contribution in [0, 0.1) is 11.8 Å². The van der Waals surface area contributed by atoms with Crippen LogP contribution >= 0.6 is 0 Å². The van der Waals surface area contributed by atoms with Gasteiger partial charge >= 0.3 is 0 Å². The lowest BCUT2D eigenvalue weighted by Crippen LogP contribution is -2.50. The number of hydrogen-bond donors (Lipinski definition) is 2. The number of carbonyl (C=O) groups is 1. The topological polar surface area (TPSA) is 58.4 Å². The van der Waals surface area contributed by atoms with Gasteiger partial charge in [-0.3, -0.25) is 9.69 Å². The van der Waals surface area contributed by atoms with Crippen LogP contribution in [0.1, 0.15) is 40.0 Å². The van der Waals surface area contributed by atoms with Crippen molar-refractivity contribution in [3.8, 4) is 0 Å². The second-order valence-electron chi connectivity index (χ2n) is 5.89. The Morgan fingerprint density at radius 1 is 1.44 bits per heavy atom. The van der Waals surface area contributed by atoms with E-state index in [1.54, 1.807) is 0 Å². The van der Waals surface area contributed by atoms with E-state index in [-0.39, 0.29) is 11.9 Å². The standard InChI is InChI=1S/C14H29N3O/c1-11(2)6-7-16-14(18)12(3)17-8-4-5-13(9-15)10-17/h11-13H,4-10,15H2,1-3H3,(H,16,18). The maximum absolute atomic E-state index is 12.0. The third kappa shape index (κ3) is 4.94. The Balaban J connectivity index is 2.33. The van der Waals surface area contributed by atoms with Crippen LogP contribution in [0.4, 0.5) is 0 Å². The first kappa shape index (κ1) is 15.4. The van der Waals surface area contributed by atoms with Crippen molar-refractivity contribution in [1.82, 2.24) is 10.2 Å². The van der Waals surface area contributed by atoms with Crippen molar-refractivity contribution in [3.63, 3.8) is 0 Å². The maximum atomic E-state index is 12.0. The van der Waals surface area contributed by atoms with E-state index in [4.69, 9.17) is 5.73 Å². The second-order valence-corrected chi connectivity index (χ2v) is 5.89. The molecule has 0 aromatic rings.